The predicted molar refractivity (Wildman–Crippen MR) is 117 cm³/mol. The van der Waals surface area contributed by atoms with E-state index in [2.05, 4.69) is 16.5 Å². The first kappa shape index (κ1) is 20.1. The van der Waals surface area contributed by atoms with E-state index in [1.807, 2.05) is 61.0 Å². The van der Waals surface area contributed by atoms with Gasteiger partial charge in [-0.05, 0) is 62.4 Å². The number of nitrogens with one attached hydrogen (secondary N) is 1. The molecule has 154 valence electrons. The number of aromatic nitrogens is 2. The van der Waals surface area contributed by atoms with Gasteiger partial charge in [0, 0.05) is 36.2 Å². The molecule has 0 unspecified atom stereocenters. The number of benzene rings is 2. The van der Waals surface area contributed by atoms with Crippen LogP contribution in [0.15, 0.2) is 48.5 Å². The highest BCUT2D eigenvalue weighted by atomic mass is 16.2. The van der Waals surface area contributed by atoms with E-state index in [9.17, 15) is 9.59 Å². The van der Waals surface area contributed by atoms with Crippen LogP contribution in [0, 0.1) is 13.8 Å². The second kappa shape index (κ2) is 8.66. The molecule has 3 aromatic rings. The van der Waals surface area contributed by atoms with Gasteiger partial charge in [0.15, 0.2) is 5.78 Å². The van der Waals surface area contributed by atoms with Crippen molar-refractivity contribution in [2.75, 3.05) is 0 Å². The Morgan fingerprint density at radius 2 is 1.77 bits per heavy atom. The quantitative estimate of drug-likeness (QED) is 0.602. The zero-order valence-corrected chi connectivity index (χ0v) is 17.6. The van der Waals surface area contributed by atoms with E-state index in [1.165, 1.54) is 11.1 Å². The highest BCUT2D eigenvalue weighted by Gasteiger charge is 2.16. The van der Waals surface area contributed by atoms with E-state index in [1.54, 1.807) is 0 Å². The molecule has 2 aromatic carbocycles. The first-order valence-corrected chi connectivity index (χ1v) is 10.5. The fraction of sp³-hybridized carbons (Fsp3) is 0.320. The lowest BCUT2D eigenvalue weighted by Gasteiger charge is -2.08. The number of rotatable bonds is 7. The molecule has 5 heteroatoms. The van der Waals surface area contributed by atoms with Crippen molar-refractivity contribution in [1.82, 2.24) is 15.1 Å². The summed E-state index contributed by atoms with van der Waals surface area (Å²) in [5, 5.41) is 7.56. The number of carbonyl (C=O) groups excluding carboxylic acids is 2. The molecule has 1 amide bonds. The van der Waals surface area contributed by atoms with E-state index < -0.39 is 0 Å². The van der Waals surface area contributed by atoms with Crippen LogP contribution >= 0.6 is 0 Å². The minimum Gasteiger partial charge on any atom is -0.352 e. The van der Waals surface area contributed by atoms with Crippen molar-refractivity contribution in [2.45, 2.75) is 52.5 Å². The molecule has 1 aliphatic carbocycles. The fourth-order valence-corrected chi connectivity index (χ4v) is 4.14. The number of ketones is 1. The van der Waals surface area contributed by atoms with Gasteiger partial charge in [-0.25, -0.2) is 4.68 Å². The first-order valence-electron chi connectivity index (χ1n) is 10.5. The van der Waals surface area contributed by atoms with E-state index >= 15 is 0 Å². The summed E-state index contributed by atoms with van der Waals surface area (Å²) in [5.74, 6) is -0.0834. The van der Waals surface area contributed by atoms with Gasteiger partial charge < -0.3 is 5.32 Å². The maximum absolute atomic E-state index is 12.5. The van der Waals surface area contributed by atoms with Gasteiger partial charge >= 0.3 is 0 Å². The lowest BCUT2D eigenvalue weighted by atomic mass is 10.0. The van der Waals surface area contributed by atoms with E-state index in [4.69, 9.17) is 0 Å². The maximum atomic E-state index is 12.5. The number of para-hydroxylation sites is 1. The number of aryl methyl sites for hydroxylation is 3. The molecule has 0 bridgehead atoms. The Kier molecular flexibility index (Phi) is 5.79. The van der Waals surface area contributed by atoms with Crippen molar-refractivity contribution in [3.05, 3.63) is 82.2 Å². The summed E-state index contributed by atoms with van der Waals surface area (Å²) in [7, 11) is 0. The zero-order chi connectivity index (χ0) is 21.1. The first-order chi connectivity index (χ1) is 14.5. The molecule has 0 saturated heterocycles. The SMILES string of the molecule is Cc1nn(-c2ccccc2)c(C)c1CNC(=O)CCC(=O)c1ccc2c(c1)CCC2. The highest BCUT2D eigenvalue weighted by Crippen LogP contribution is 2.23. The molecule has 0 aliphatic heterocycles. The largest absolute Gasteiger partial charge is 0.352 e. The Hall–Kier alpha value is -3.21. The molecule has 0 fully saturated rings. The smallest absolute Gasteiger partial charge is 0.220 e. The Morgan fingerprint density at radius 1 is 1.00 bits per heavy atom. The van der Waals surface area contributed by atoms with Gasteiger partial charge in [0.25, 0.3) is 0 Å². The molecule has 0 saturated carbocycles. The van der Waals surface area contributed by atoms with Crippen molar-refractivity contribution in [3.8, 4) is 5.69 Å². The van der Waals surface area contributed by atoms with Gasteiger partial charge in [0.05, 0.1) is 11.4 Å². The van der Waals surface area contributed by atoms with Crippen molar-refractivity contribution in [2.24, 2.45) is 0 Å². The lowest BCUT2D eigenvalue weighted by Crippen LogP contribution is -2.24. The standard InChI is InChI=1S/C25H27N3O2/c1-17-23(18(2)28(27-17)22-9-4-3-5-10-22)16-26-25(30)14-13-24(29)21-12-11-19-7-6-8-20(19)15-21/h3-5,9-12,15H,6-8,13-14,16H2,1-2H3,(H,26,30). The van der Waals surface area contributed by atoms with Gasteiger partial charge in [-0.2, -0.15) is 5.10 Å². The van der Waals surface area contributed by atoms with Crippen LogP contribution in [0.25, 0.3) is 5.69 Å². The molecule has 1 heterocycles. The molecule has 1 N–H and O–H groups in total. The summed E-state index contributed by atoms with van der Waals surface area (Å²) >= 11 is 0. The molecule has 5 nitrogen and oxygen atoms in total. The van der Waals surface area contributed by atoms with Gasteiger partial charge in [-0.15, -0.1) is 0 Å². The summed E-state index contributed by atoms with van der Waals surface area (Å²) in [6, 6.07) is 15.9. The minimum absolute atomic E-state index is 0.0316. The molecule has 4 rings (SSSR count). The monoisotopic (exact) mass is 401 g/mol. The molecule has 30 heavy (non-hydrogen) atoms. The number of hydrogen-bond acceptors (Lipinski definition) is 3. The number of hydrogen-bond donors (Lipinski definition) is 1. The molecule has 0 spiro atoms. The van der Waals surface area contributed by atoms with Gasteiger partial charge in [0.2, 0.25) is 5.91 Å². The molecule has 0 radical (unpaired) electrons. The Labute approximate surface area is 177 Å². The van der Waals surface area contributed by atoms with Crippen molar-refractivity contribution in [3.63, 3.8) is 0 Å². The zero-order valence-electron chi connectivity index (χ0n) is 17.6. The summed E-state index contributed by atoms with van der Waals surface area (Å²) in [6.07, 6.45) is 3.74. The Bertz CT molecular complexity index is 1080. The second-order valence-electron chi connectivity index (χ2n) is 7.93. The molecule has 0 atom stereocenters. The van der Waals surface area contributed by atoms with Crippen molar-refractivity contribution in [1.29, 1.82) is 0 Å². The van der Waals surface area contributed by atoms with Crippen LogP contribution < -0.4 is 5.32 Å². The van der Waals surface area contributed by atoms with Crippen LogP contribution in [0.2, 0.25) is 0 Å². The molecular weight excluding hydrogens is 374 g/mol. The minimum atomic E-state index is -0.115. The lowest BCUT2D eigenvalue weighted by molar-refractivity contribution is -0.121. The predicted octanol–water partition coefficient (Wildman–Crippen LogP) is 4.26. The topological polar surface area (TPSA) is 64.0 Å². The second-order valence-corrected chi connectivity index (χ2v) is 7.93. The highest BCUT2D eigenvalue weighted by molar-refractivity contribution is 5.98. The average molecular weight is 402 g/mol. The van der Waals surface area contributed by atoms with Crippen LogP contribution in [0.1, 0.15) is 57.7 Å². The van der Waals surface area contributed by atoms with E-state index in [-0.39, 0.29) is 24.5 Å². The molecular formula is C25H27N3O2. The normalized spacial score (nSPS) is 12.6. The average Bonchev–Trinajstić information content (AvgIpc) is 3.34. The third kappa shape index (κ3) is 4.20. The number of Topliss-reactive ketones (excluding diaryl/α,β-unsaturated/α-hetero) is 1. The number of amides is 1. The van der Waals surface area contributed by atoms with Gasteiger partial charge in [0.1, 0.15) is 0 Å². The van der Waals surface area contributed by atoms with Crippen molar-refractivity contribution >= 4 is 11.7 Å². The number of nitrogens with zero attached hydrogens (tertiary/aromatic N) is 2. The van der Waals surface area contributed by atoms with Gasteiger partial charge in [-0.3, -0.25) is 9.59 Å². The summed E-state index contributed by atoms with van der Waals surface area (Å²) in [6.45, 7) is 4.37. The van der Waals surface area contributed by atoms with Crippen molar-refractivity contribution < 1.29 is 9.59 Å². The Balaban J connectivity index is 1.33. The van der Waals surface area contributed by atoms with Gasteiger partial charge in [-0.1, -0.05) is 30.3 Å². The van der Waals surface area contributed by atoms with E-state index in [0.29, 0.717) is 6.54 Å². The van der Waals surface area contributed by atoms with Crippen LogP contribution in [-0.2, 0) is 24.2 Å². The third-order valence-corrected chi connectivity index (χ3v) is 5.90. The summed E-state index contributed by atoms with van der Waals surface area (Å²) < 4.78 is 1.90. The van der Waals surface area contributed by atoms with Crippen LogP contribution in [0.3, 0.4) is 0 Å². The molecule has 1 aromatic heterocycles. The summed E-state index contributed by atoms with van der Waals surface area (Å²) in [5.41, 5.74) is 7.27. The molecule has 1 aliphatic rings. The van der Waals surface area contributed by atoms with Crippen LogP contribution in [0.5, 0.6) is 0 Å². The summed E-state index contributed by atoms with van der Waals surface area (Å²) in [4.78, 5) is 24.8. The maximum Gasteiger partial charge on any atom is 0.220 e. The third-order valence-electron chi connectivity index (χ3n) is 5.90. The number of fused-ring (bicyclic) bond motifs is 1. The Morgan fingerprint density at radius 3 is 2.57 bits per heavy atom. The van der Waals surface area contributed by atoms with E-state index in [0.717, 1.165) is 47.5 Å². The van der Waals surface area contributed by atoms with Crippen LogP contribution in [-0.4, -0.2) is 21.5 Å². The number of carbonyl (C=O) groups is 2. The fourth-order valence-electron chi connectivity index (χ4n) is 4.14. The van der Waals surface area contributed by atoms with Crippen LogP contribution in [0.4, 0.5) is 0 Å².